The first-order valence-electron chi connectivity index (χ1n) is 8.63. The van der Waals surface area contributed by atoms with E-state index in [1.807, 2.05) is 4.90 Å². The van der Waals surface area contributed by atoms with Crippen molar-refractivity contribution in [3.05, 3.63) is 45.1 Å². The molecule has 1 aromatic carbocycles. The van der Waals surface area contributed by atoms with Gasteiger partial charge in [-0.1, -0.05) is 18.5 Å². The van der Waals surface area contributed by atoms with Crippen LogP contribution in [0.2, 0.25) is 5.02 Å². The summed E-state index contributed by atoms with van der Waals surface area (Å²) in [4.78, 5) is 28.9. The van der Waals surface area contributed by atoms with Gasteiger partial charge in [0.05, 0.1) is 5.02 Å². The van der Waals surface area contributed by atoms with Gasteiger partial charge in [0.2, 0.25) is 5.91 Å². The van der Waals surface area contributed by atoms with Crippen molar-refractivity contribution in [1.29, 1.82) is 0 Å². The van der Waals surface area contributed by atoms with Crippen molar-refractivity contribution < 1.29 is 9.18 Å². The Morgan fingerprint density at radius 2 is 2.08 bits per heavy atom. The third-order valence-corrected chi connectivity index (χ3v) is 4.96. The SMILES string of the molecule is CC1CCN(C(=O)CCc2nnc(-c3ccc(F)c(Cl)c3)[nH]c2=O)CC1. The average Bonchev–Trinajstić information content (AvgIpc) is 2.63. The number of hydrogen-bond donors (Lipinski definition) is 1. The van der Waals surface area contributed by atoms with Gasteiger partial charge < -0.3 is 9.88 Å². The number of aryl methyl sites for hydroxylation is 1. The number of nitrogens with one attached hydrogen (secondary N) is 1. The van der Waals surface area contributed by atoms with Crippen molar-refractivity contribution in [1.82, 2.24) is 20.1 Å². The minimum absolute atomic E-state index is 0.0347. The molecule has 0 saturated carbocycles. The lowest BCUT2D eigenvalue weighted by molar-refractivity contribution is -0.132. The summed E-state index contributed by atoms with van der Waals surface area (Å²) in [6.45, 7) is 3.73. The van der Waals surface area contributed by atoms with Crippen LogP contribution in [0.1, 0.15) is 31.9 Å². The smallest absolute Gasteiger partial charge is 0.273 e. The van der Waals surface area contributed by atoms with Crippen molar-refractivity contribution in [3.63, 3.8) is 0 Å². The van der Waals surface area contributed by atoms with Gasteiger partial charge in [-0.25, -0.2) is 4.39 Å². The summed E-state index contributed by atoms with van der Waals surface area (Å²) < 4.78 is 13.2. The van der Waals surface area contributed by atoms with Crippen molar-refractivity contribution in [2.75, 3.05) is 13.1 Å². The van der Waals surface area contributed by atoms with Gasteiger partial charge in [0.25, 0.3) is 5.56 Å². The van der Waals surface area contributed by atoms with Gasteiger partial charge in [0, 0.05) is 31.5 Å². The largest absolute Gasteiger partial charge is 0.343 e. The van der Waals surface area contributed by atoms with E-state index in [2.05, 4.69) is 22.1 Å². The highest BCUT2D eigenvalue weighted by Crippen LogP contribution is 2.21. The van der Waals surface area contributed by atoms with E-state index in [0.29, 0.717) is 11.5 Å². The highest BCUT2D eigenvalue weighted by molar-refractivity contribution is 6.31. The molecule has 1 aromatic heterocycles. The first-order valence-corrected chi connectivity index (χ1v) is 9.01. The third-order valence-electron chi connectivity index (χ3n) is 4.67. The van der Waals surface area contributed by atoms with Gasteiger partial charge in [0.15, 0.2) is 5.82 Å². The number of halogens is 2. The van der Waals surface area contributed by atoms with Gasteiger partial charge in [-0.3, -0.25) is 9.59 Å². The van der Waals surface area contributed by atoms with E-state index in [-0.39, 0.29) is 35.3 Å². The molecule has 1 aliphatic rings. The van der Waals surface area contributed by atoms with Gasteiger partial charge in [0.1, 0.15) is 11.5 Å². The van der Waals surface area contributed by atoms with Crippen LogP contribution in [0.25, 0.3) is 11.4 Å². The molecule has 2 aromatic rings. The maximum Gasteiger partial charge on any atom is 0.273 e. The predicted octanol–water partition coefficient (Wildman–Crippen LogP) is 2.82. The fourth-order valence-electron chi connectivity index (χ4n) is 2.94. The number of aromatic nitrogens is 3. The van der Waals surface area contributed by atoms with Crippen LogP contribution in [-0.4, -0.2) is 39.1 Å². The minimum atomic E-state index is -0.548. The van der Waals surface area contributed by atoms with E-state index < -0.39 is 11.4 Å². The number of carbonyl (C=O) groups excluding carboxylic acids is 1. The number of hydrogen-bond acceptors (Lipinski definition) is 4. The maximum absolute atomic E-state index is 13.2. The molecule has 1 N–H and O–H groups in total. The zero-order chi connectivity index (χ0) is 18.7. The Bertz CT molecular complexity index is 863. The molecule has 0 radical (unpaired) electrons. The second-order valence-electron chi connectivity index (χ2n) is 6.64. The predicted molar refractivity (Wildman–Crippen MR) is 96.4 cm³/mol. The van der Waals surface area contributed by atoms with Crippen molar-refractivity contribution in [3.8, 4) is 11.4 Å². The molecule has 0 atom stereocenters. The van der Waals surface area contributed by atoms with E-state index in [4.69, 9.17) is 11.6 Å². The summed E-state index contributed by atoms with van der Waals surface area (Å²) in [5.41, 5.74) is 0.266. The van der Waals surface area contributed by atoms with Crippen LogP contribution >= 0.6 is 11.6 Å². The van der Waals surface area contributed by atoms with Gasteiger partial charge in [-0.2, -0.15) is 0 Å². The third kappa shape index (κ3) is 4.27. The number of rotatable bonds is 4. The van der Waals surface area contributed by atoms with Crippen LogP contribution in [0.15, 0.2) is 23.0 Å². The topological polar surface area (TPSA) is 79.0 Å². The molecule has 0 spiro atoms. The number of aromatic amines is 1. The molecular formula is C18H20ClFN4O2. The van der Waals surface area contributed by atoms with Crippen LogP contribution in [0.3, 0.4) is 0 Å². The number of piperidine rings is 1. The van der Waals surface area contributed by atoms with Crippen LogP contribution in [0.4, 0.5) is 4.39 Å². The van der Waals surface area contributed by atoms with E-state index in [1.54, 1.807) is 0 Å². The number of H-pyrrole nitrogens is 1. The molecule has 0 unspecified atom stereocenters. The summed E-state index contributed by atoms with van der Waals surface area (Å²) in [6.07, 6.45) is 2.49. The standard InChI is InChI=1S/C18H20ClFN4O2/c1-11-6-8-24(9-7-11)16(25)5-4-15-18(26)21-17(23-22-15)12-2-3-14(20)13(19)10-12/h2-3,10-11H,4-9H2,1H3,(H,21,23,26). The Hall–Kier alpha value is -2.28. The fourth-order valence-corrected chi connectivity index (χ4v) is 3.12. The maximum atomic E-state index is 13.2. The summed E-state index contributed by atoms with van der Waals surface area (Å²) in [7, 11) is 0. The van der Waals surface area contributed by atoms with E-state index >= 15 is 0 Å². The monoisotopic (exact) mass is 378 g/mol. The van der Waals surface area contributed by atoms with Gasteiger partial charge in [-0.05, 0) is 37.0 Å². The van der Waals surface area contributed by atoms with Crippen LogP contribution in [0, 0.1) is 11.7 Å². The molecule has 1 amide bonds. The second kappa shape index (κ2) is 7.95. The Labute approximate surface area is 155 Å². The van der Waals surface area contributed by atoms with E-state index in [9.17, 15) is 14.0 Å². The highest BCUT2D eigenvalue weighted by Gasteiger charge is 2.20. The molecule has 1 fully saturated rings. The Balaban J connectivity index is 1.65. The fraction of sp³-hybridized carbons (Fsp3) is 0.444. The van der Waals surface area contributed by atoms with Crippen LogP contribution in [0.5, 0.6) is 0 Å². The highest BCUT2D eigenvalue weighted by atomic mass is 35.5. The lowest BCUT2D eigenvalue weighted by atomic mass is 9.99. The van der Waals surface area contributed by atoms with Gasteiger partial charge in [-0.15, -0.1) is 10.2 Å². The van der Waals surface area contributed by atoms with E-state index in [1.165, 1.54) is 18.2 Å². The molecule has 3 rings (SSSR count). The summed E-state index contributed by atoms with van der Waals surface area (Å²) in [5, 5.41) is 7.84. The summed E-state index contributed by atoms with van der Waals surface area (Å²) in [5.74, 6) is 0.345. The number of amides is 1. The molecule has 0 bridgehead atoms. The van der Waals surface area contributed by atoms with Crippen molar-refractivity contribution >= 4 is 17.5 Å². The number of nitrogens with zero attached hydrogens (tertiary/aromatic N) is 3. The first-order chi connectivity index (χ1) is 12.4. The van der Waals surface area contributed by atoms with Crippen LogP contribution in [-0.2, 0) is 11.2 Å². The summed E-state index contributed by atoms with van der Waals surface area (Å²) in [6, 6.07) is 4.03. The van der Waals surface area contributed by atoms with Crippen molar-refractivity contribution in [2.45, 2.75) is 32.6 Å². The molecule has 1 saturated heterocycles. The summed E-state index contributed by atoms with van der Waals surface area (Å²) >= 11 is 5.74. The molecule has 0 aliphatic carbocycles. The number of benzene rings is 1. The molecule has 1 aliphatic heterocycles. The second-order valence-corrected chi connectivity index (χ2v) is 7.05. The van der Waals surface area contributed by atoms with E-state index in [0.717, 1.165) is 25.9 Å². The van der Waals surface area contributed by atoms with Crippen molar-refractivity contribution in [2.24, 2.45) is 5.92 Å². The first kappa shape index (κ1) is 18.5. The lowest BCUT2D eigenvalue weighted by Gasteiger charge is -2.30. The number of likely N-dealkylation sites (tertiary alicyclic amines) is 1. The zero-order valence-corrected chi connectivity index (χ0v) is 15.2. The van der Waals surface area contributed by atoms with Crippen LogP contribution < -0.4 is 5.56 Å². The molecule has 8 heteroatoms. The Kier molecular flexibility index (Phi) is 5.66. The molecule has 138 valence electrons. The lowest BCUT2D eigenvalue weighted by Crippen LogP contribution is -2.38. The molecule has 26 heavy (non-hydrogen) atoms. The Morgan fingerprint density at radius 1 is 1.35 bits per heavy atom. The quantitative estimate of drug-likeness (QED) is 0.887. The normalized spacial score (nSPS) is 15.3. The Morgan fingerprint density at radius 3 is 2.73 bits per heavy atom. The molecule has 2 heterocycles. The average molecular weight is 379 g/mol. The zero-order valence-electron chi connectivity index (χ0n) is 14.5. The molecular weight excluding hydrogens is 359 g/mol. The number of carbonyl (C=O) groups is 1. The molecule has 6 nitrogen and oxygen atoms in total. The minimum Gasteiger partial charge on any atom is -0.343 e. The van der Waals surface area contributed by atoms with Gasteiger partial charge >= 0.3 is 0 Å².